The Morgan fingerprint density at radius 2 is 1.86 bits per heavy atom. The minimum Gasteiger partial charge on any atom is -0.497 e. The van der Waals surface area contributed by atoms with Crippen LogP contribution in [-0.4, -0.2) is 36.2 Å². The third-order valence-electron chi connectivity index (χ3n) is 5.23. The molecule has 4 nitrogen and oxygen atoms in total. The molecule has 146 valence electrons. The number of methoxy groups -OCH3 is 1. The van der Waals surface area contributed by atoms with E-state index in [2.05, 4.69) is 60.3 Å². The first-order valence-corrected chi connectivity index (χ1v) is 9.95. The first-order valence-electron chi connectivity index (χ1n) is 9.95. The Kier molecular flexibility index (Phi) is 5.40. The van der Waals surface area contributed by atoms with Crippen LogP contribution in [0.4, 0.5) is 0 Å². The molecule has 0 fully saturated rings. The third kappa shape index (κ3) is 4.07. The Morgan fingerprint density at radius 1 is 1.07 bits per heavy atom. The number of ether oxygens (including phenoxy) is 2. The van der Waals surface area contributed by atoms with Crippen LogP contribution >= 0.6 is 0 Å². The molecule has 4 heteroatoms. The Balaban J connectivity index is 1.48. The van der Waals surface area contributed by atoms with Gasteiger partial charge in [-0.3, -0.25) is 4.90 Å². The molecule has 3 aromatic rings. The van der Waals surface area contributed by atoms with Crippen molar-refractivity contribution in [2.24, 2.45) is 0 Å². The van der Waals surface area contributed by atoms with Crippen molar-refractivity contribution in [2.45, 2.75) is 32.9 Å². The Bertz CT molecular complexity index is 970. The van der Waals surface area contributed by atoms with Gasteiger partial charge in [0.05, 0.1) is 13.2 Å². The number of H-pyrrole nitrogens is 1. The number of hydrogen-bond donors (Lipinski definition) is 1. The van der Waals surface area contributed by atoms with Gasteiger partial charge in [0.2, 0.25) is 0 Å². The lowest BCUT2D eigenvalue weighted by atomic mass is 9.98. The van der Waals surface area contributed by atoms with E-state index in [1.807, 2.05) is 18.2 Å². The highest BCUT2D eigenvalue weighted by atomic mass is 16.5. The average Bonchev–Trinajstić information content (AvgIpc) is 3.12. The van der Waals surface area contributed by atoms with Gasteiger partial charge in [0.25, 0.3) is 0 Å². The molecule has 0 spiro atoms. The molecule has 0 aliphatic carbocycles. The molecule has 1 aliphatic heterocycles. The molecule has 4 rings (SSSR count). The van der Waals surface area contributed by atoms with Crippen LogP contribution < -0.4 is 9.47 Å². The molecular formula is C24H28N2O2. The van der Waals surface area contributed by atoms with Gasteiger partial charge in [0.15, 0.2) is 0 Å². The summed E-state index contributed by atoms with van der Waals surface area (Å²) in [6, 6.07) is 14.7. The number of fused-ring (bicyclic) bond motifs is 1. The molecule has 0 amide bonds. The van der Waals surface area contributed by atoms with Crippen LogP contribution in [0.3, 0.4) is 0 Å². The number of hydrogen-bond acceptors (Lipinski definition) is 3. The Morgan fingerprint density at radius 3 is 2.54 bits per heavy atom. The van der Waals surface area contributed by atoms with Gasteiger partial charge in [-0.2, -0.15) is 0 Å². The van der Waals surface area contributed by atoms with Crippen molar-refractivity contribution in [1.82, 2.24) is 9.88 Å². The summed E-state index contributed by atoms with van der Waals surface area (Å²) in [7, 11) is 1.70. The van der Waals surface area contributed by atoms with E-state index in [-0.39, 0.29) is 6.10 Å². The van der Waals surface area contributed by atoms with E-state index in [9.17, 15) is 0 Å². The van der Waals surface area contributed by atoms with Crippen molar-refractivity contribution in [2.75, 3.05) is 20.2 Å². The lowest BCUT2D eigenvalue weighted by Crippen LogP contribution is -2.27. The fraction of sp³-hybridized carbons (Fsp3) is 0.333. The van der Waals surface area contributed by atoms with Crippen molar-refractivity contribution < 1.29 is 9.47 Å². The fourth-order valence-corrected chi connectivity index (χ4v) is 3.80. The van der Waals surface area contributed by atoms with Crippen LogP contribution in [0.5, 0.6) is 11.5 Å². The van der Waals surface area contributed by atoms with Gasteiger partial charge in [-0.05, 0) is 61.7 Å². The molecule has 1 N–H and O–H groups in total. The van der Waals surface area contributed by atoms with Crippen molar-refractivity contribution in [1.29, 1.82) is 0 Å². The number of benzene rings is 2. The van der Waals surface area contributed by atoms with Crippen molar-refractivity contribution in [3.63, 3.8) is 0 Å². The zero-order chi connectivity index (χ0) is 19.5. The first-order chi connectivity index (χ1) is 13.6. The van der Waals surface area contributed by atoms with Crippen LogP contribution in [0.2, 0.25) is 0 Å². The summed E-state index contributed by atoms with van der Waals surface area (Å²) in [6.07, 6.45) is 5.74. The van der Waals surface area contributed by atoms with Gasteiger partial charge in [-0.15, -0.1) is 0 Å². The van der Waals surface area contributed by atoms with E-state index < -0.39 is 0 Å². The van der Waals surface area contributed by atoms with Gasteiger partial charge in [-0.25, -0.2) is 0 Å². The SMILES string of the molecule is COc1ccc(CN2CC=C(c3c[nH]c4ccc(OC(C)C)cc34)CC2)cc1. The normalized spacial score (nSPS) is 15.1. The number of nitrogens with zero attached hydrogens (tertiary/aromatic N) is 1. The second-order valence-electron chi connectivity index (χ2n) is 7.64. The highest BCUT2D eigenvalue weighted by molar-refractivity contribution is 5.93. The monoisotopic (exact) mass is 376 g/mol. The number of nitrogens with one attached hydrogen (secondary N) is 1. The van der Waals surface area contributed by atoms with Gasteiger partial charge in [0, 0.05) is 42.3 Å². The fourth-order valence-electron chi connectivity index (χ4n) is 3.80. The first kappa shape index (κ1) is 18.6. The standard InChI is InChI=1S/C24H28N2O2/c1-17(2)28-21-8-9-24-22(14-21)23(15-25-24)19-10-12-26(13-11-19)16-18-4-6-20(27-3)7-5-18/h4-10,14-15,17,25H,11-13,16H2,1-3H3. The predicted octanol–water partition coefficient (Wildman–Crippen LogP) is 5.25. The maximum atomic E-state index is 5.88. The summed E-state index contributed by atoms with van der Waals surface area (Å²) in [4.78, 5) is 5.89. The molecule has 0 atom stereocenters. The molecule has 28 heavy (non-hydrogen) atoms. The molecule has 0 radical (unpaired) electrons. The highest BCUT2D eigenvalue weighted by Crippen LogP contribution is 2.32. The molecule has 1 aliphatic rings. The number of aromatic nitrogens is 1. The maximum Gasteiger partial charge on any atom is 0.120 e. The van der Waals surface area contributed by atoms with Crippen LogP contribution in [0.15, 0.2) is 54.7 Å². The Labute approximate surface area is 166 Å². The number of rotatable bonds is 6. The smallest absolute Gasteiger partial charge is 0.120 e. The summed E-state index contributed by atoms with van der Waals surface area (Å²) < 4.78 is 11.1. The van der Waals surface area contributed by atoms with Crippen molar-refractivity contribution >= 4 is 16.5 Å². The van der Waals surface area contributed by atoms with E-state index in [0.717, 1.165) is 43.1 Å². The Hall–Kier alpha value is -2.72. The van der Waals surface area contributed by atoms with Crippen LogP contribution in [0, 0.1) is 0 Å². The topological polar surface area (TPSA) is 37.5 Å². The molecule has 0 bridgehead atoms. The highest BCUT2D eigenvalue weighted by Gasteiger charge is 2.16. The summed E-state index contributed by atoms with van der Waals surface area (Å²) in [6.45, 7) is 7.11. The lowest BCUT2D eigenvalue weighted by molar-refractivity contribution is 0.243. The van der Waals surface area contributed by atoms with Crippen molar-refractivity contribution in [3.8, 4) is 11.5 Å². The minimum absolute atomic E-state index is 0.181. The summed E-state index contributed by atoms with van der Waals surface area (Å²) in [5.74, 6) is 1.84. The molecule has 0 unspecified atom stereocenters. The zero-order valence-electron chi connectivity index (χ0n) is 16.9. The van der Waals surface area contributed by atoms with E-state index in [0.29, 0.717) is 0 Å². The summed E-state index contributed by atoms with van der Waals surface area (Å²) in [5, 5.41) is 1.24. The van der Waals surface area contributed by atoms with Crippen LogP contribution in [-0.2, 0) is 6.54 Å². The molecular weight excluding hydrogens is 348 g/mol. The van der Waals surface area contributed by atoms with Gasteiger partial charge in [-0.1, -0.05) is 18.2 Å². The zero-order valence-corrected chi connectivity index (χ0v) is 16.9. The summed E-state index contributed by atoms with van der Waals surface area (Å²) >= 11 is 0. The lowest BCUT2D eigenvalue weighted by Gasteiger charge is -2.26. The van der Waals surface area contributed by atoms with E-state index in [1.54, 1.807) is 7.11 Å². The quantitative estimate of drug-likeness (QED) is 0.638. The van der Waals surface area contributed by atoms with Crippen molar-refractivity contribution in [3.05, 3.63) is 65.9 Å². The minimum atomic E-state index is 0.181. The molecule has 0 saturated heterocycles. The maximum absolute atomic E-state index is 5.88. The second kappa shape index (κ2) is 8.11. The number of aromatic amines is 1. The molecule has 2 aromatic carbocycles. The van der Waals surface area contributed by atoms with E-state index >= 15 is 0 Å². The van der Waals surface area contributed by atoms with Crippen LogP contribution in [0.25, 0.3) is 16.5 Å². The van der Waals surface area contributed by atoms with Gasteiger partial charge >= 0.3 is 0 Å². The summed E-state index contributed by atoms with van der Waals surface area (Å²) in [5.41, 5.74) is 5.19. The third-order valence-corrected chi connectivity index (χ3v) is 5.23. The van der Waals surface area contributed by atoms with Gasteiger partial charge < -0.3 is 14.5 Å². The van der Waals surface area contributed by atoms with E-state index in [1.165, 1.54) is 22.1 Å². The molecule has 2 heterocycles. The molecule has 0 saturated carbocycles. The molecule has 1 aromatic heterocycles. The van der Waals surface area contributed by atoms with E-state index in [4.69, 9.17) is 9.47 Å². The second-order valence-corrected chi connectivity index (χ2v) is 7.64. The average molecular weight is 377 g/mol. The van der Waals surface area contributed by atoms with Gasteiger partial charge in [0.1, 0.15) is 11.5 Å². The van der Waals surface area contributed by atoms with Crippen LogP contribution in [0.1, 0.15) is 31.4 Å². The largest absolute Gasteiger partial charge is 0.497 e. The predicted molar refractivity (Wildman–Crippen MR) is 115 cm³/mol.